The molecule has 0 spiro atoms. The predicted octanol–water partition coefficient (Wildman–Crippen LogP) is 5.17. The number of nitro benzene ring substituents is 1. The Morgan fingerprint density at radius 2 is 1.65 bits per heavy atom. The number of hydrogen-bond acceptors (Lipinski definition) is 3. The van der Waals surface area contributed by atoms with Crippen LogP contribution < -0.4 is 5.32 Å². The summed E-state index contributed by atoms with van der Waals surface area (Å²) in [6, 6.07) is 24.4. The van der Waals surface area contributed by atoms with E-state index in [-0.39, 0.29) is 16.7 Å². The van der Waals surface area contributed by atoms with Crippen molar-refractivity contribution in [1.29, 1.82) is 0 Å². The summed E-state index contributed by atoms with van der Waals surface area (Å²) in [7, 11) is 0. The largest absolute Gasteiger partial charge is 0.306 e. The normalized spacial score (nSPS) is 11.9. The maximum absolute atomic E-state index is 11.1. The molecule has 0 aliphatic heterocycles. The zero-order chi connectivity index (χ0) is 18.4. The SMILES string of the molecule is O=[N+]([O-])c1cccc([C@H](NCCc2ccccc2)c2ccc(Cl)cc2)c1. The quantitative estimate of drug-likeness (QED) is 0.463. The van der Waals surface area contributed by atoms with Crippen molar-refractivity contribution in [2.75, 3.05) is 6.54 Å². The minimum atomic E-state index is -0.369. The van der Waals surface area contributed by atoms with Crippen molar-refractivity contribution in [1.82, 2.24) is 5.32 Å². The van der Waals surface area contributed by atoms with Gasteiger partial charge in [0.1, 0.15) is 0 Å². The molecule has 132 valence electrons. The van der Waals surface area contributed by atoms with E-state index in [1.165, 1.54) is 11.6 Å². The van der Waals surface area contributed by atoms with Crippen molar-refractivity contribution in [2.45, 2.75) is 12.5 Å². The molecule has 26 heavy (non-hydrogen) atoms. The highest BCUT2D eigenvalue weighted by atomic mass is 35.5. The Morgan fingerprint density at radius 3 is 2.35 bits per heavy atom. The van der Waals surface area contributed by atoms with Crippen molar-refractivity contribution >= 4 is 17.3 Å². The summed E-state index contributed by atoms with van der Waals surface area (Å²) >= 11 is 6.00. The van der Waals surface area contributed by atoms with Crippen LogP contribution in [-0.2, 0) is 6.42 Å². The molecule has 0 bridgehead atoms. The first-order valence-corrected chi connectivity index (χ1v) is 8.78. The van der Waals surface area contributed by atoms with Crippen LogP contribution in [0.4, 0.5) is 5.69 Å². The molecule has 0 saturated carbocycles. The van der Waals surface area contributed by atoms with Gasteiger partial charge >= 0.3 is 0 Å². The van der Waals surface area contributed by atoms with Crippen LogP contribution in [0.1, 0.15) is 22.7 Å². The number of rotatable bonds is 7. The van der Waals surface area contributed by atoms with Crippen LogP contribution in [-0.4, -0.2) is 11.5 Å². The molecule has 0 fully saturated rings. The van der Waals surface area contributed by atoms with Gasteiger partial charge in [0.15, 0.2) is 0 Å². The Bertz CT molecular complexity index is 867. The van der Waals surface area contributed by atoms with E-state index < -0.39 is 0 Å². The minimum Gasteiger partial charge on any atom is -0.306 e. The molecule has 0 aliphatic carbocycles. The first kappa shape index (κ1) is 18.1. The number of benzene rings is 3. The smallest absolute Gasteiger partial charge is 0.269 e. The average Bonchev–Trinajstić information content (AvgIpc) is 2.67. The maximum Gasteiger partial charge on any atom is 0.269 e. The second kappa shape index (κ2) is 8.61. The van der Waals surface area contributed by atoms with Gasteiger partial charge in [-0.1, -0.05) is 66.2 Å². The molecule has 3 rings (SSSR count). The Labute approximate surface area is 157 Å². The fraction of sp³-hybridized carbons (Fsp3) is 0.143. The molecular weight excluding hydrogens is 348 g/mol. The Hall–Kier alpha value is -2.69. The number of halogens is 1. The third-order valence-corrected chi connectivity index (χ3v) is 4.47. The lowest BCUT2D eigenvalue weighted by Crippen LogP contribution is -2.24. The lowest BCUT2D eigenvalue weighted by molar-refractivity contribution is -0.384. The summed E-state index contributed by atoms with van der Waals surface area (Å²) in [6.45, 7) is 0.750. The van der Waals surface area contributed by atoms with E-state index in [2.05, 4.69) is 17.4 Å². The lowest BCUT2D eigenvalue weighted by Gasteiger charge is -2.20. The number of nitro groups is 1. The molecule has 5 heteroatoms. The minimum absolute atomic E-state index is 0.0892. The van der Waals surface area contributed by atoms with Gasteiger partial charge in [0, 0.05) is 23.7 Å². The van der Waals surface area contributed by atoms with E-state index in [9.17, 15) is 10.1 Å². The predicted molar refractivity (Wildman–Crippen MR) is 105 cm³/mol. The molecule has 0 aromatic heterocycles. The van der Waals surface area contributed by atoms with Gasteiger partial charge in [-0.05, 0) is 35.2 Å². The molecule has 3 aromatic carbocycles. The first-order chi connectivity index (χ1) is 12.6. The van der Waals surface area contributed by atoms with Crippen molar-refractivity contribution in [3.63, 3.8) is 0 Å². The van der Waals surface area contributed by atoms with Gasteiger partial charge in [-0.3, -0.25) is 10.1 Å². The topological polar surface area (TPSA) is 55.2 Å². The molecule has 4 nitrogen and oxygen atoms in total. The zero-order valence-corrected chi connectivity index (χ0v) is 14.9. The van der Waals surface area contributed by atoms with Gasteiger partial charge in [-0.2, -0.15) is 0 Å². The highest BCUT2D eigenvalue weighted by molar-refractivity contribution is 6.30. The second-order valence-electron chi connectivity index (χ2n) is 6.03. The molecule has 0 aliphatic rings. The molecule has 0 amide bonds. The molecule has 0 unspecified atom stereocenters. The molecule has 1 atom stereocenters. The Morgan fingerprint density at radius 1 is 0.923 bits per heavy atom. The average molecular weight is 367 g/mol. The lowest BCUT2D eigenvalue weighted by atomic mass is 9.98. The number of nitrogens with one attached hydrogen (secondary N) is 1. The van der Waals surface area contributed by atoms with Gasteiger partial charge < -0.3 is 5.32 Å². The summed E-state index contributed by atoms with van der Waals surface area (Å²) in [5.74, 6) is 0. The monoisotopic (exact) mass is 366 g/mol. The van der Waals surface area contributed by atoms with Crippen molar-refractivity contribution in [3.8, 4) is 0 Å². The highest BCUT2D eigenvalue weighted by Gasteiger charge is 2.16. The summed E-state index contributed by atoms with van der Waals surface area (Å²) in [4.78, 5) is 10.8. The van der Waals surface area contributed by atoms with Crippen molar-refractivity contribution in [2.24, 2.45) is 0 Å². The number of nitrogens with zero attached hydrogens (tertiary/aromatic N) is 1. The third kappa shape index (κ3) is 4.69. The van der Waals surface area contributed by atoms with E-state index >= 15 is 0 Å². The molecule has 0 radical (unpaired) electrons. The van der Waals surface area contributed by atoms with Crippen LogP contribution in [0.5, 0.6) is 0 Å². The van der Waals surface area contributed by atoms with Crippen LogP contribution in [0.15, 0.2) is 78.9 Å². The summed E-state index contributed by atoms with van der Waals surface area (Å²) in [6.07, 6.45) is 0.875. The Balaban J connectivity index is 1.83. The molecule has 0 heterocycles. The number of hydrogen-bond donors (Lipinski definition) is 1. The van der Waals surface area contributed by atoms with Crippen molar-refractivity contribution < 1.29 is 4.92 Å². The Kier molecular flexibility index (Phi) is 6.00. The number of non-ortho nitro benzene ring substituents is 1. The van der Waals surface area contributed by atoms with E-state index in [1.54, 1.807) is 12.1 Å². The first-order valence-electron chi connectivity index (χ1n) is 8.40. The van der Waals surface area contributed by atoms with Gasteiger partial charge in [0.05, 0.1) is 11.0 Å². The van der Waals surface area contributed by atoms with E-state index in [4.69, 9.17) is 11.6 Å². The molecule has 1 N–H and O–H groups in total. The molecule has 3 aromatic rings. The van der Waals surface area contributed by atoms with Gasteiger partial charge in [0.2, 0.25) is 0 Å². The molecule has 0 saturated heterocycles. The van der Waals surface area contributed by atoms with Crippen LogP contribution in [0.25, 0.3) is 0 Å². The summed E-state index contributed by atoms with van der Waals surface area (Å²) in [5.41, 5.74) is 3.21. The molecular formula is C21H19ClN2O2. The van der Waals surface area contributed by atoms with E-state index in [1.807, 2.05) is 48.5 Å². The maximum atomic E-state index is 11.1. The van der Waals surface area contributed by atoms with Crippen LogP contribution in [0.3, 0.4) is 0 Å². The fourth-order valence-electron chi connectivity index (χ4n) is 2.91. The van der Waals surface area contributed by atoms with Crippen LogP contribution in [0.2, 0.25) is 5.02 Å². The van der Waals surface area contributed by atoms with Gasteiger partial charge in [-0.15, -0.1) is 0 Å². The summed E-state index contributed by atoms with van der Waals surface area (Å²) in [5, 5.41) is 15.3. The fourth-order valence-corrected chi connectivity index (χ4v) is 3.03. The van der Waals surface area contributed by atoms with E-state index in [0.29, 0.717) is 5.02 Å². The third-order valence-electron chi connectivity index (χ3n) is 4.22. The van der Waals surface area contributed by atoms with Crippen molar-refractivity contribution in [3.05, 3.63) is 111 Å². The second-order valence-corrected chi connectivity index (χ2v) is 6.46. The standard InChI is InChI=1S/C21H19ClN2O2/c22-19-11-9-17(10-12-19)21(18-7-4-8-20(15-18)24(25)26)23-14-13-16-5-2-1-3-6-16/h1-12,15,21,23H,13-14H2/t21-/m1/s1. The van der Waals surface area contributed by atoms with Gasteiger partial charge in [-0.25, -0.2) is 0 Å². The highest BCUT2D eigenvalue weighted by Crippen LogP contribution is 2.26. The zero-order valence-electron chi connectivity index (χ0n) is 14.1. The van der Waals surface area contributed by atoms with Crippen LogP contribution >= 0.6 is 11.6 Å². The summed E-state index contributed by atoms with van der Waals surface area (Å²) < 4.78 is 0. The van der Waals surface area contributed by atoms with Gasteiger partial charge in [0.25, 0.3) is 5.69 Å². The van der Waals surface area contributed by atoms with Crippen LogP contribution in [0, 0.1) is 10.1 Å². The van der Waals surface area contributed by atoms with E-state index in [0.717, 1.165) is 24.1 Å².